The number of benzene rings is 2. The number of nitrogens with zero attached hydrogens (tertiary/aromatic N) is 4. The molecular weight excluding hydrogens is 335 g/mol. The SMILES string of the molecule is Clc1cccc(Cl)c1/C(=C/n1ncnn1)OCc1ccccc1. The maximum Gasteiger partial charge on any atom is 0.162 e. The van der Waals surface area contributed by atoms with Gasteiger partial charge in [-0.2, -0.15) is 0 Å². The Morgan fingerprint density at radius 1 is 1.04 bits per heavy atom. The molecule has 3 rings (SSSR count). The molecule has 1 aromatic heterocycles. The summed E-state index contributed by atoms with van der Waals surface area (Å²) in [6.07, 6.45) is 2.92. The van der Waals surface area contributed by atoms with Crippen molar-refractivity contribution < 1.29 is 4.74 Å². The van der Waals surface area contributed by atoms with Crippen LogP contribution in [0.1, 0.15) is 11.1 Å². The molecule has 0 radical (unpaired) electrons. The zero-order valence-electron chi connectivity index (χ0n) is 11.9. The highest BCUT2D eigenvalue weighted by molar-refractivity contribution is 6.37. The van der Waals surface area contributed by atoms with E-state index in [1.54, 1.807) is 24.4 Å². The quantitative estimate of drug-likeness (QED) is 0.651. The molecule has 0 bridgehead atoms. The minimum Gasteiger partial charge on any atom is -0.486 e. The van der Waals surface area contributed by atoms with Crippen LogP contribution in [-0.2, 0) is 11.3 Å². The van der Waals surface area contributed by atoms with Crippen molar-refractivity contribution in [3.05, 3.63) is 76.0 Å². The lowest BCUT2D eigenvalue weighted by molar-refractivity contribution is 0.265. The topological polar surface area (TPSA) is 52.8 Å². The fourth-order valence-electron chi connectivity index (χ4n) is 1.98. The number of rotatable bonds is 5. The summed E-state index contributed by atoms with van der Waals surface area (Å²) in [6, 6.07) is 15.1. The van der Waals surface area contributed by atoms with Crippen molar-refractivity contribution in [1.29, 1.82) is 0 Å². The maximum absolute atomic E-state index is 6.28. The first-order valence-corrected chi connectivity index (χ1v) is 7.55. The molecule has 0 saturated heterocycles. The molecule has 0 N–H and O–H groups in total. The Morgan fingerprint density at radius 2 is 1.78 bits per heavy atom. The second kappa shape index (κ2) is 7.26. The van der Waals surface area contributed by atoms with Crippen LogP contribution in [0.3, 0.4) is 0 Å². The van der Waals surface area contributed by atoms with Crippen molar-refractivity contribution in [2.75, 3.05) is 0 Å². The molecule has 0 unspecified atom stereocenters. The molecule has 2 aromatic carbocycles. The van der Waals surface area contributed by atoms with E-state index in [-0.39, 0.29) is 0 Å². The van der Waals surface area contributed by atoms with Gasteiger partial charge in [0.25, 0.3) is 0 Å². The lowest BCUT2D eigenvalue weighted by atomic mass is 10.2. The summed E-state index contributed by atoms with van der Waals surface area (Å²) in [5.74, 6) is 0.461. The van der Waals surface area contributed by atoms with Gasteiger partial charge in [0.05, 0.1) is 21.8 Å². The molecule has 116 valence electrons. The van der Waals surface area contributed by atoms with E-state index >= 15 is 0 Å². The third-order valence-electron chi connectivity index (χ3n) is 3.04. The highest BCUT2D eigenvalue weighted by Crippen LogP contribution is 2.32. The zero-order valence-corrected chi connectivity index (χ0v) is 13.4. The zero-order chi connectivity index (χ0) is 16.1. The van der Waals surface area contributed by atoms with Crippen molar-refractivity contribution in [2.24, 2.45) is 0 Å². The average molecular weight is 347 g/mol. The largest absolute Gasteiger partial charge is 0.486 e. The molecule has 5 nitrogen and oxygen atoms in total. The van der Waals surface area contributed by atoms with Gasteiger partial charge in [0, 0.05) is 0 Å². The molecule has 23 heavy (non-hydrogen) atoms. The van der Waals surface area contributed by atoms with Gasteiger partial charge in [-0.1, -0.05) is 59.6 Å². The third-order valence-corrected chi connectivity index (χ3v) is 3.67. The Bertz CT molecular complexity index is 784. The predicted octanol–water partition coefficient (Wildman–Crippen LogP) is 4.15. The summed E-state index contributed by atoms with van der Waals surface area (Å²) in [4.78, 5) is 1.29. The Labute approximate surface area is 143 Å². The lowest BCUT2D eigenvalue weighted by Gasteiger charge is -2.13. The maximum atomic E-state index is 6.28. The molecular formula is C16H12Cl2N4O. The lowest BCUT2D eigenvalue weighted by Crippen LogP contribution is -2.00. The van der Waals surface area contributed by atoms with Crippen LogP contribution < -0.4 is 0 Å². The molecule has 3 aromatic rings. The van der Waals surface area contributed by atoms with E-state index in [0.717, 1.165) is 5.56 Å². The Hall–Kier alpha value is -2.37. The minimum atomic E-state index is 0.364. The molecule has 7 heteroatoms. The third kappa shape index (κ3) is 3.88. The summed E-state index contributed by atoms with van der Waals surface area (Å²) >= 11 is 12.6. The normalized spacial score (nSPS) is 11.5. The van der Waals surface area contributed by atoms with Crippen molar-refractivity contribution in [2.45, 2.75) is 6.61 Å². The van der Waals surface area contributed by atoms with E-state index in [9.17, 15) is 0 Å². The van der Waals surface area contributed by atoms with E-state index in [1.807, 2.05) is 30.3 Å². The minimum absolute atomic E-state index is 0.364. The van der Waals surface area contributed by atoms with E-state index in [4.69, 9.17) is 27.9 Å². The van der Waals surface area contributed by atoms with Crippen molar-refractivity contribution in [3.8, 4) is 0 Å². The van der Waals surface area contributed by atoms with Crippen LogP contribution in [0, 0.1) is 0 Å². The first-order chi connectivity index (χ1) is 11.2. The van der Waals surface area contributed by atoms with Crippen molar-refractivity contribution >= 4 is 35.2 Å². The Kier molecular flexibility index (Phi) is 4.90. The second-order valence-corrected chi connectivity index (χ2v) is 5.43. The summed E-state index contributed by atoms with van der Waals surface area (Å²) in [7, 11) is 0. The molecule has 0 aliphatic heterocycles. The van der Waals surface area contributed by atoms with Gasteiger partial charge in [-0.05, 0) is 22.9 Å². The van der Waals surface area contributed by atoms with Crippen LogP contribution in [0.5, 0.6) is 0 Å². The predicted molar refractivity (Wildman–Crippen MR) is 89.7 cm³/mol. The fourth-order valence-corrected chi connectivity index (χ4v) is 2.57. The first-order valence-electron chi connectivity index (χ1n) is 6.79. The number of tetrazole rings is 1. The van der Waals surface area contributed by atoms with Crippen LogP contribution in [-0.4, -0.2) is 20.2 Å². The standard InChI is InChI=1S/C16H12Cl2N4O/c17-13-7-4-8-14(18)16(13)15(9-22-20-11-19-21-22)23-10-12-5-2-1-3-6-12/h1-9,11H,10H2/b15-9-. The smallest absolute Gasteiger partial charge is 0.162 e. The van der Waals surface area contributed by atoms with E-state index in [1.165, 1.54) is 11.1 Å². The number of ether oxygens (including phenoxy) is 1. The van der Waals surface area contributed by atoms with Crippen LogP contribution >= 0.6 is 23.2 Å². The van der Waals surface area contributed by atoms with Gasteiger partial charge in [-0.15, -0.1) is 15.0 Å². The monoisotopic (exact) mass is 346 g/mol. The summed E-state index contributed by atoms with van der Waals surface area (Å²) < 4.78 is 5.91. The van der Waals surface area contributed by atoms with Gasteiger partial charge < -0.3 is 4.74 Å². The highest BCUT2D eigenvalue weighted by Gasteiger charge is 2.13. The van der Waals surface area contributed by atoms with E-state index in [0.29, 0.717) is 28.0 Å². The number of halogens is 2. The highest BCUT2D eigenvalue weighted by atomic mass is 35.5. The number of hydrogen-bond acceptors (Lipinski definition) is 4. The van der Waals surface area contributed by atoms with E-state index in [2.05, 4.69) is 15.4 Å². The molecule has 0 fully saturated rings. The van der Waals surface area contributed by atoms with Gasteiger partial charge in [0.1, 0.15) is 12.4 Å². The molecule has 0 saturated carbocycles. The van der Waals surface area contributed by atoms with Crippen LogP contribution in [0.25, 0.3) is 12.0 Å². The fraction of sp³-hybridized carbons (Fsp3) is 0.0625. The van der Waals surface area contributed by atoms with Gasteiger partial charge in [-0.3, -0.25) is 0 Å². The van der Waals surface area contributed by atoms with Crippen molar-refractivity contribution in [1.82, 2.24) is 20.2 Å². The van der Waals surface area contributed by atoms with E-state index < -0.39 is 0 Å². The van der Waals surface area contributed by atoms with Crippen molar-refractivity contribution in [3.63, 3.8) is 0 Å². The molecule has 0 aliphatic rings. The van der Waals surface area contributed by atoms with Crippen LogP contribution in [0.2, 0.25) is 10.0 Å². The Balaban J connectivity index is 1.94. The number of aromatic nitrogens is 4. The molecule has 1 heterocycles. The second-order valence-electron chi connectivity index (χ2n) is 4.62. The summed E-state index contributed by atoms with van der Waals surface area (Å²) in [6.45, 7) is 0.364. The van der Waals surface area contributed by atoms with Gasteiger partial charge >= 0.3 is 0 Å². The summed E-state index contributed by atoms with van der Waals surface area (Å²) in [5, 5.41) is 12.4. The number of hydrogen-bond donors (Lipinski definition) is 0. The van der Waals surface area contributed by atoms with Gasteiger partial charge in [0.15, 0.2) is 6.33 Å². The van der Waals surface area contributed by atoms with Gasteiger partial charge in [0.2, 0.25) is 0 Å². The molecule has 0 atom stereocenters. The molecule has 0 aliphatic carbocycles. The molecule has 0 spiro atoms. The Morgan fingerprint density at radius 3 is 2.43 bits per heavy atom. The first kappa shape index (κ1) is 15.5. The molecule has 0 amide bonds. The summed E-state index contributed by atoms with van der Waals surface area (Å²) in [5.41, 5.74) is 1.61. The van der Waals surface area contributed by atoms with Crippen LogP contribution in [0.4, 0.5) is 0 Å². The average Bonchev–Trinajstić information content (AvgIpc) is 3.06. The van der Waals surface area contributed by atoms with Gasteiger partial charge in [-0.25, -0.2) is 0 Å². The van der Waals surface area contributed by atoms with Crippen LogP contribution in [0.15, 0.2) is 54.9 Å².